The molecule has 0 aromatic carbocycles. The monoisotopic (exact) mass is 377 g/mol. The molecule has 1 atom stereocenters. The van der Waals surface area contributed by atoms with E-state index in [0.717, 1.165) is 6.07 Å². The number of aromatic nitrogens is 1. The zero-order chi connectivity index (χ0) is 18.1. The fourth-order valence-corrected chi connectivity index (χ4v) is 2.70. The van der Waals surface area contributed by atoms with Gasteiger partial charge < -0.3 is 15.0 Å². The van der Waals surface area contributed by atoms with Crippen molar-refractivity contribution >= 4 is 35.2 Å². The van der Waals surface area contributed by atoms with Crippen LogP contribution in [-0.2, 0) is 4.74 Å². The molecule has 0 aliphatic carbocycles. The lowest BCUT2D eigenvalue weighted by atomic mass is 10.2. The maximum Gasteiger partial charge on any atom is 0.407 e. The molecule has 1 aliphatic heterocycles. The van der Waals surface area contributed by atoms with Crippen molar-refractivity contribution in [1.82, 2.24) is 15.2 Å². The molecule has 0 radical (unpaired) electrons. The van der Waals surface area contributed by atoms with Gasteiger partial charge in [0.05, 0.1) is 11.6 Å². The number of nitrogens with zero attached hydrogens (tertiary/aromatic N) is 2. The van der Waals surface area contributed by atoms with E-state index in [-0.39, 0.29) is 28.5 Å². The van der Waals surface area contributed by atoms with Crippen LogP contribution in [0.2, 0.25) is 10.3 Å². The van der Waals surface area contributed by atoms with Crippen molar-refractivity contribution in [1.29, 1.82) is 0 Å². The van der Waals surface area contributed by atoms with Crippen molar-refractivity contribution < 1.29 is 18.7 Å². The Morgan fingerprint density at radius 3 is 2.67 bits per heavy atom. The summed E-state index contributed by atoms with van der Waals surface area (Å²) in [6.07, 6.45) is 0.0190. The number of likely N-dealkylation sites (tertiary alicyclic amines) is 1. The van der Waals surface area contributed by atoms with Crippen LogP contribution in [-0.4, -0.2) is 46.6 Å². The minimum atomic E-state index is -0.813. The highest BCUT2D eigenvalue weighted by Crippen LogP contribution is 2.23. The summed E-state index contributed by atoms with van der Waals surface area (Å²) in [4.78, 5) is 29.3. The van der Waals surface area contributed by atoms with Gasteiger partial charge in [-0.2, -0.15) is 0 Å². The number of carbonyl (C=O) groups is 2. The van der Waals surface area contributed by atoms with E-state index >= 15 is 0 Å². The minimum Gasteiger partial charge on any atom is -0.444 e. The summed E-state index contributed by atoms with van der Waals surface area (Å²) >= 11 is 11.4. The number of hydrogen-bond donors (Lipinski definition) is 1. The van der Waals surface area contributed by atoms with Crippen LogP contribution in [0.5, 0.6) is 0 Å². The third-order valence-corrected chi connectivity index (χ3v) is 3.87. The van der Waals surface area contributed by atoms with Gasteiger partial charge in [-0.05, 0) is 33.3 Å². The van der Waals surface area contributed by atoms with E-state index in [2.05, 4.69) is 10.3 Å². The van der Waals surface area contributed by atoms with Crippen LogP contribution in [0.1, 0.15) is 37.6 Å². The standard InChI is InChI=1S/C15H18Cl2FN3O3/c1-15(2,3)24-14(23)19-8-4-5-21(7-8)13(22)9-6-10(18)12(17)20-11(9)16/h6,8H,4-5,7H2,1-3H3,(H,19,23). The molecule has 2 amide bonds. The molecule has 2 heterocycles. The predicted octanol–water partition coefficient (Wildman–Crippen LogP) is 3.27. The Hall–Kier alpha value is -1.60. The van der Waals surface area contributed by atoms with E-state index in [1.165, 1.54) is 4.90 Å². The molecule has 6 nitrogen and oxygen atoms in total. The van der Waals surface area contributed by atoms with Crippen LogP contribution in [0, 0.1) is 5.82 Å². The smallest absolute Gasteiger partial charge is 0.407 e. The van der Waals surface area contributed by atoms with Gasteiger partial charge in [0.2, 0.25) is 0 Å². The molecule has 1 aromatic heterocycles. The summed E-state index contributed by atoms with van der Waals surface area (Å²) in [5, 5.41) is 2.16. The number of carbonyl (C=O) groups excluding carboxylic acids is 2. The molecule has 1 saturated heterocycles. The van der Waals surface area contributed by atoms with E-state index in [4.69, 9.17) is 27.9 Å². The molecule has 1 aliphatic rings. The lowest BCUT2D eigenvalue weighted by molar-refractivity contribution is 0.0502. The summed E-state index contributed by atoms with van der Waals surface area (Å²) in [5.41, 5.74) is -0.658. The average Bonchev–Trinajstić information content (AvgIpc) is 2.88. The highest BCUT2D eigenvalue weighted by atomic mass is 35.5. The molecule has 1 aromatic rings. The van der Waals surface area contributed by atoms with Gasteiger partial charge in [0.15, 0.2) is 11.0 Å². The number of ether oxygens (including phenoxy) is 1. The first-order valence-electron chi connectivity index (χ1n) is 7.37. The second-order valence-electron chi connectivity index (χ2n) is 6.48. The predicted molar refractivity (Wildman–Crippen MR) is 87.9 cm³/mol. The Morgan fingerprint density at radius 2 is 2.04 bits per heavy atom. The van der Waals surface area contributed by atoms with Crippen LogP contribution < -0.4 is 5.32 Å². The fourth-order valence-electron chi connectivity index (χ4n) is 2.30. The Balaban J connectivity index is 1.99. The van der Waals surface area contributed by atoms with Gasteiger partial charge in [-0.1, -0.05) is 23.2 Å². The second kappa shape index (κ2) is 7.11. The SMILES string of the molecule is CC(C)(C)OC(=O)NC1CCN(C(=O)c2cc(F)c(Cl)nc2Cl)C1. The number of alkyl carbamates (subject to hydrolysis) is 1. The third-order valence-electron chi connectivity index (χ3n) is 3.31. The Morgan fingerprint density at radius 1 is 1.38 bits per heavy atom. The summed E-state index contributed by atoms with van der Waals surface area (Å²) in [5.74, 6) is -1.27. The maximum absolute atomic E-state index is 13.5. The number of pyridine rings is 1. The molecule has 0 bridgehead atoms. The summed E-state index contributed by atoms with van der Waals surface area (Å²) < 4.78 is 18.7. The van der Waals surface area contributed by atoms with Gasteiger partial charge in [0, 0.05) is 13.1 Å². The molecule has 0 spiro atoms. The maximum atomic E-state index is 13.5. The van der Waals surface area contributed by atoms with Gasteiger partial charge in [0.1, 0.15) is 10.8 Å². The molecule has 24 heavy (non-hydrogen) atoms. The van der Waals surface area contributed by atoms with E-state index in [1.54, 1.807) is 20.8 Å². The quantitative estimate of drug-likeness (QED) is 0.802. The summed E-state index contributed by atoms with van der Waals surface area (Å²) in [6.45, 7) is 5.97. The molecular formula is C15H18Cl2FN3O3. The molecule has 2 rings (SSSR count). The third kappa shape index (κ3) is 4.70. The summed E-state index contributed by atoms with van der Waals surface area (Å²) in [6, 6.07) is 0.724. The second-order valence-corrected chi connectivity index (χ2v) is 7.20. The lowest BCUT2D eigenvalue weighted by Crippen LogP contribution is -2.41. The molecular weight excluding hydrogens is 360 g/mol. The van der Waals surface area contributed by atoms with E-state index in [9.17, 15) is 14.0 Å². The van der Waals surface area contributed by atoms with Crippen LogP contribution >= 0.6 is 23.2 Å². The molecule has 132 valence electrons. The highest BCUT2D eigenvalue weighted by molar-refractivity contribution is 6.34. The number of nitrogens with one attached hydrogen (secondary N) is 1. The van der Waals surface area contributed by atoms with Crippen LogP contribution in [0.4, 0.5) is 9.18 Å². The zero-order valence-corrected chi connectivity index (χ0v) is 15.0. The number of halogens is 3. The van der Waals surface area contributed by atoms with E-state index in [0.29, 0.717) is 13.0 Å². The number of hydrogen-bond acceptors (Lipinski definition) is 4. The van der Waals surface area contributed by atoms with E-state index in [1.807, 2.05) is 0 Å². The Bertz CT molecular complexity index is 664. The summed E-state index contributed by atoms with van der Waals surface area (Å²) in [7, 11) is 0. The van der Waals surface area contributed by atoms with Crippen molar-refractivity contribution in [2.45, 2.75) is 38.8 Å². The van der Waals surface area contributed by atoms with Crippen molar-refractivity contribution in [3.05, 3.63) is 27.8 Å². The van der Waals surface area contributed by atoms with Crippen molar-refractivity contribution in [3.63, 3.8) is 0 Å². The van der Waals surface area contributed by atoms with Crippen LogP contribution in [0.15, 0.2) is 6.07 Å². The van der Waals surface area contributed by atoms with Gasteiger partial charge in [-0.15, -0.1) is 0 Å². The lowest BCUT2D eigenvalue weighted by Gasteiger charge is -2.22. The van der Waals surface area contributed by atoms with Crippen molar-refractivity contribution in [3.8, 4) is 0 Å². The first-order chi connectivity index (χ1) is 11.1. The fraction of sp³-hybridized carbons (Fsp3) is 0.533. The molecule has 1 fully saturated rings. The first kappa shape index (κ1) is 18.7. The average molecular weight is 378 g/mol. The topological polar surface area (TPSA) is 71.5 Å². The van der Waals surface area contributed by atoms with Gasteiger partial charge >= 0.3 is 6.09 Å². The zero-order valence-electron chi connectivity index (χ0n) is 13.5. The molecule has 1 N–H and O–H groups in total. The van der Waals surface area contributed by atoms with Gasteiger partial charge in [0.25, 0.3) is 5.91 Å². The van der Waals surface area contributed by atoms with Gasteiger partial charge in [-0.25, -0.2) is 14.2 Å². The van der Waals surface area contributed by atoms with Gasteiger partial charge in [-0.3, -0.25) is 4.79 Å². The van der Waals surface area contributed by atoms with Crippen LogP contribution in [0.25, 0.3) is 0 Å². The first-order valence-corrected chi connectivity index (χ1v) is 8.13. The van der Waals surface area contributed by atoms with Crippen molar-refractivity contribution in [2.24, 2.45) is 0 Å². The Labute approximate surface area is 149 Å². The molecule has 1 unspecified atom stereocenters. The number of rotatable bonds is 2. The van der Waals surface area contributed by atoms with Crippen LogP contribution in [0.3, 0.4) is 0 Å². The Kier molecular flexibility index (Phi) is 5.55. The van der Waals surface area contributed by atoms with Crippen molar-refractivity contribution in [2.75, 3.05) is 13.1 Å². The minimum absolute atomic E-state index is 0.0588. The molecule has 0 saturated carbocycles. The normalized spacial score (nSPS) is 17.8. The highest BCUT2D eigenvalue weighted by Gasteiger charge is 2.30. The largest absolute Gasteiger partial charge is 0.444 e. The van der Waals surface area contributed by atoms with E-state index < -0.39 is 23.4 Å². The number of amides is 2. The molecule has 9 heteroatoms.